The lowest BCUT2D eigenvalue weighted by Crippen LogP contribution is -2.43. The molecular weight excluding hydrogens is 464 g/mol. The zero-order valence-corrected chi connectivity index (χ0v) is 20.8. The van der Waals surface area contributed by atoms with Crippen molar-refractivity contribution in [1.29, 1.82) is 0 Å². The lowest BCUT2D eigenvalue weighted by molar-refractivity contribution is -0.126. The van der Waals surface area contributed by atoms with E-state index in [-0.39, 0.29) is 34.6 Å². The molecule has 1 aromatic carbocycles. The summed E-state index contributed by atoms with van der Waals surface area (Å²) in [6, 6.07) is 10.8. The van der Waals surface area contributed by atoms with E-state index in [2.05, 4.69) is 10.3 Å². The summed E-state index contributed by atoms with van der Waals surface area (Å²) >= 11 is 0. The van der Waals surface area contributed by atoms with Gasteiger partial charge in [-0.15, -0.1) is 0 Å². The Hall–Kier alpha value is -2.78. The lowest BCUT2D eigenvalue weighted by atomic mass is 9.84. The molecule has 0 radical (unpaired) electrons. The van der Waals surface area contributed by atoms with Gasteiger partial charge in [0.15, 0.2) is 0 Å². The van der Waals surface area contributed by atoms with Crippen LogP contribution in [0, 0.1) is 11.8 Å². The molecule has 1 atom stereocenters. The van der Waals surface area contributed by atoms with Crippen LogP contribution in [-0.2, 0) is 32.6 Å². The number of pyridine rings is 1. The van der Waals surface area contributed by atoms with Crippen molar-refractivity contribution >= 4 is 27.5 Å². The van der Waals surface area contributed by atoms with Crippen molar-refractivity contribution in [2.75, 3.05) is 18.0 Å². The number of benzene rings is 1. The Bertz CT molecular complexity index is 1210. The van der Waals surface area contributed by atoms with Gasteiger partial charge in [0.25, 0.3) is 0 Å². The average Bonchev–Trinajstić information content (AvgIpc) is 3.17. The van der Waals surface area contributed by atoms with E-state index in [0.717, 1.165) is 36.2 Å². The van der Waals surface area contributed by atoms with Crippen molar-refractivity contribution in [3.05, 3.63) is 53.9 Å². The van der Waals surface area contributed by atoms with Gasteiger partial charge in [0.2, 0.25) is 21.8 Å². The molecule has 1 unspecified atom stereocenters. The van der Waals surface area contributed by atoms with Gasteiger partial charge in [0.1, 0.15) is 0 Å². The fourth-order valence-corrected chi connectivity index (χ4v) is 6.81. The summed E-state index contributed by atoms with van der Waals surface area (Å²) in [6.07, 6.45) is 6.31. The van der Waals surface area contributed by atoms with Gasteiger partial charge >= 0.3 is 0 Å². The molecule has 3 aliphatic rings. The number of hydrogen-bond donors (Lipinski definition) is 1. The molecule has 2 fully saturated rings. The molecule has 186 valence electrons. The summed E-state index contributed by atoms with van der Waals surface area (Å²) in [5.74, 6) is 0.00307. The molecule has 1 N–H and O–H groups in total. The summed E-state index contributed by atoms with van der Waals surface area (Å²) in [5.41, 5.74) is 2.55. The summed E-state index contributed by atoms with van der Waals surface area (Å²) in [6.45, 7) is 3.01. The minimum Gasteiger partial charge on any atom is -0.350 e. The van der Waals surface area contributed by atoms with Crippen molar-refractivity contribution in [3.8, 4) is 0 Å². The fourth-order valence-electron chi connectivity index (χ4n) is 5.29. The number of carbonyl (C=O) groups is 2. The van der Waals surface area contributed by atoms with Crippen molar-refractivity contribution in [2.24, 2.45) is 11.8 Å². The van der Waals surface area contributed by atoms with Crippen molar-refractivity contribution < 1.29 is 18.0 Å². The maximum atomic E-state index is 13.4. The Morgan fingerprint density at radius 1 is 1.06 bits per heavy atom. The number of sulfonamides is 1. The highest BCUT2D eigenvalue weighted by Gasteiger charge is 2.38. The summed E-state index contributed by atoms with van der Waals surface area (Å²) in [5, 5.41) is 2.91. The zero-order chi connectivity index (χ0) is 24.6. The van der Waals surface area contributed by atoms with Crippen molar-refractivity contribution in [3.63, 3.8) is 0 Å². The van der Waals surface area contributed by atoms with Gasteiger partial charge in [-0.05, 0) is 74.9 Å². The van der Waals surface area contributed by atoms with E-state index < -0.39 is 10.0 Å². The van der Waals surface area contributed by atoms with Crippen LogP contribution in [0.1, 0.15) is 50.3 Å². The molecule has 3 heterocycles. The van der Waals surface area contributed by atoms with Gasteiger partial charge in [-0.2, -0.15) is 4.31 Å². The maximum absolute atomic E-state index is 13.4. The quantitative estimate of drug-likeness (QED) is 0.663. The van der Waals surface area contributed by atoms with Crippen LogP contribution in [0.4, 0.5) is 5.69 Å². The Morgan fingerprint density at radius 3 is 2.49 bits per heavy atom. The smallest absolute Gasteiger partial charge is 0.243 e. The topological polar surface area (TPSA) is 99.7 Å². The van der Waals surface area contributed by atoms with Gasteiger partial charge in [0, 0.05) is 42.9 Å². The predicted molar refractivity (Wildman–Crippen MR) is 132 cm³/mol. The predicted octanol–water partition coefficient (Wildman–Crippen LogP) is 2.88. The molecule has 1 saturated carbocycles. The zero-order valence-electron chi connectivity index (χ0n) is 20.0. The first-order valence-corrected chi connectivity index (χ1v) is 13.9. The highest BCUT2D eigenvalue weighted by molar-refractivity contribution is 7.89. The Balaban J connectivity index is 1.22. The highest BCUT2D eigenvalue weighted by Crippen LogP contribution is 2.38. The summed E-state index contributed by atoms with van der Waals surface area (Å²) in [4.78, 5) is 31.8. The van der Waals surface area contributed by atoms with Gasteiger partial charge in [-0.3, -0.25) is 14.6 Å². The number of hydrogen-bond acceptors (Lipinski definition) is 5. The van der Waals surface area contributed by atoms with Crippen LogP contribution in [0.15, 0.2) is 47.5 Å². The molecule has 35 heavy (non-hydrogen) atoms. The van der Waals surface area contributed by atoms with Crippen LogP contribution in [-0.4, -0.2) is 48.7 Å². The minimum atomic E-state index is -3.66. The number of piperidine rings is 1. The second-order valence-electron chi connectivity index (χ2n) is 9.90. The van der Waals surface area contributed by atoms with Crippen LogP contribution in [0.2, 0.25) is 0 Å². The van der Waals surface area contributed by atoms with E-state index in [0.29, 0.717) is 38.9 Å². The highest BCUT2D eigenvalue weighted by atomic mass is 32.2. The second-order valence-corrected chi connectivity index (χ2v) is 11.8. The SMILES string of the molecule is CC1Cc2cc(S(=O)(=O)N3CCC(C(=O)NCc4ccccn4)CC3)ccc2N1C(=O)C1CCC1. The third-order valence-corrected chi connectivity index (χ3v) is 9.49. The van der Waals surface area contributed by atoms with Gasteiger partial charge in [-0.1, -0.05) is 12.5 Å². The second kappa shape index (κ2) is 9.70. The van der Waals surface area contributed by atoms with E-state index in [1.165, 1.54) is 4.31 Å². The molecule has 2 amide bonds. The lowest BCUT2D eigenvalue weighted by Gasteiger charge is -2.32. The Kier molecular flexibility index (Phi) is 6.63. The van der Waals surface area contributed by atoms with Crippen molar-refractivity contribution in [2.45, 2.75) is 62.9 Å². The third-order valence-electron chi connectivity index (χ3n) is 7.59. The molecule has 8 nitrogen and oxygen atoms in total. The number of anilines is 1. The molecule has 2 aromatic rings. The Labute approximate surface area is 206 Å². The van der Waals surface area contributed by atoms with E-state index in [1.54, 1.807) is 24.4 Å². The number of nitrogens with zero attached hydrogens (tertiary/aromatic N) is 3. The first kappa shape index (κ1) is 23.9. The van der Waals surface area contributed by atoms with Crippen LogP contribution in [0.25, 0.3) is 0 Å². The molecule has 9 heteroatoms. The first-order valence-electron chi connectivity index (χ1n) is 12.5. The molecule has 0 spiro atoms. The normalized spacial score (nSPS) is 21.4. The summed E-state index contributed by atoms with van der Waals surface area (Å²) < 4.78 is 28.2. The molecule has 0 bridgehead atoms. The van der Waals surface area contributed by atoms with E-state index in [1.807, 2.05) is 30.0 Å². The summed E-state index contributed by atoms with van der Waals surface area (Å²) in [7, 11) is -3.66. The third kappa shape index (κ3) is 4.71. The number of amides is 2. The van der Waals surface area contributed by atoms with Gasteiger partial charge in [-0.25, -0.2) is 8.42 Å². The van der Waals surface area contributed by atoms with Crippen LogP contribution in [0.3, 0.4) is 0 Å². The number of aromatic nitrogens is 1. The standard InChI is InChI=1S/C26H32N4O4S/c1-18-15-21-16-23(8-9-24(21)30(18)26(32)20-5-4-6-20)35(33,34)29-13-10-19(11-14-29)25(31)28-17-22-7-2-3-12-27-22/h2-3,7-9,12,16,18-20H,4-6,10-11,13-15,17H2,1H3,(H,28,31). The molecule has 2 aliphatic heterocycles. The minimum absolute atomic E-state index is 0.0383. The first-order chi connectivity index (χ1) is 16.8. The van der Waals surface area contributed by atoms with Gasteiger partial charge < -0.3 is 10.2 Å². The molecule has 1 aliphatic carbocycles. The molecule has 5 rings (SSSR count). The number of rotatable bonds is 6. The maximum Gasteiger partial charge on any atom is 0.243 e. The number of nitrogens with one attached hydrogen (secondary N) is 1. The van der Waals surface area contributed by atoms with Crippen LogP contribution >= 0.6 is 0 Å². The molecular formula is C26H32N4O4S. The van der Waals surface area contributed by atoms with Crippen molar-refractivity contribution in [1.82, 2.24) is 14.6 Å². The number of fused-ring (bicyclic) bond motifs is 1. The van der Waals surface area contributed by atoms with Crippen LogP contribution in [0.5, 0.6) is 0 Å². The molecule has 1 aromatic heterocycles. The van der Waals surface area contributed by atoms with Gasteiger partial charge in [0.05, 0.1) is 17.1 Å². The number of carbonyl (C=O) groups excluding carboxylic acids is 2. The fraction of sp³-hybridized carbons (Fsp3) is 0.500. The van der Waals surface area contributed by atoms with Crippen LogP contribution < -0.4 is 10.2 Å². The van der Waals surface area contributed by atoms with E-state index in [9.17, 15) is 18.0 Å². The van der Waals surface area contributed by atoms with E-state index >= 15 is 0 Å². The average molecular weight is 497 g/mol. The van der Waals surface area contributed by atoms with E-state index in [4.69, 9.17) is 0 Å². The largest absolute Gasteiger partial charge is 0.350 e. The monoisotopic (exact) mass is 496 g/mol. The Morgan fingerprint density at radius 2 is 1.83 bits per heavy atom. The molecule has 1 saturated heterocycles.